The molecule has 0 aliphatic carbocycles. The SMILES string of the molecule is CC(C)c1ccc(-c2ccc(-c3ccc(-c4cccc5c4sc4ccccc45)cc3)cc2)cc1. The van der Waals surface area contributed by atoms with Crippen LogP contribution in [0.5, 0.6) is 0 Å². The molecule has 0 amide bonds. The van der Waals surface area contributed by atoms with Gasteiger partial charge >= 0.3 is 0 Å². The maximum absolute atomic E-state index is 2.26. The van der Waals surface area contributed by atoms with E-state index in [1.807, 2.05) is 11.3 Å². The highest BCUT2D eigenvalue weighted by Gasteiger charge is 2.10. The smallest absolute Gasteiger partial charge is 0.0433 e. The van der Waals surface area contributed by atoms with E-state index in [4.69, 9.17) is 0 Å². The fourth-order valence-corrected chi connectivity index (χ4v) is 5.97. The Hall–Kier alpha value is -3.68. The normalized spacial score (nSPS) is 11.5. The quantitative estimate of drug-likeness (QED) is 0.248. The molecule has 0 saturated heterocycles. The summed E-state index contributed by atoms with van der Waals surface area (Å²) in [5.41, 5.74) is 8.97. The molecule has 0 radical (unpaired) electrons. The van der Waals surface area contributed by atoms with Gasteiger partial charge in [0, 0.05) is 20.2 Å². The summed E-state index contributed by atoms with van der Waals surface area (Å²) in [6, 6.07) is 42.2. The molecule has 164 valence electrons. The molecule has 5 aromatic carbocycles. The highest BCUT2D eigenvalue weighted by atomic mass is 32.1. The molecular weight excluding hydrogens is 428 g/mol. The lowest BCUT2D eigenvalue weighted by molar-refractivity contribution is 0.867. The van der Waals surface area contributed by atoms with Gasteiger partial charge in [0.15, 0.2) is 0 Å². The van der Waals surface area contributed by atoms with Crippen LogP contribution in [0.25, 0.3) is 53.6 Å². The first-order valence-electron chi connectivity index (χ1n) is 11.9. The van der Waals surface area contributed by atoms with Gasteiger partial charge in [-0.05, 0) is 50.9 Å². The van der Waals surface area contributed by atoms with Crippen LogP contribution in [0, 0.1) is 0 Å². The van der Waals surface area contributed by atoms with Crippen LogP contribution in [0.1, 0.15) is 25.3 Å². The number of thiophene rings is 1. The average molecular weight is 455 g/mol. The average Bonchev–Trinajstić information content (AvgIpc) is 3.28. The van der Waals surface area contributed by atoms with E-state index in [9.17, 15) is 0 Å². The van der Waals surface area contributed by atoms with Crippen LogP contribution in [0.3, 0.4) is 0 Å². The van der Waals surface area contributed by atoms with Crippen molar-refractivity contribution in [3.8, 4) is 33.4 Å². The van der Waals surface area contributed by atoms with E-state index in [0.29, 0.717) is 5.92 Å². The predicted octanol–water partition coefficient (Wildman–Crippen LogP) is 10.2. The molecule has 1 aromatic heterocycles. The number of hydrogen-bond donors (Lipinski definition) is 0. The maximum Gasteiger partial charge on any atom is 0.0433 e. The number of fused-ring (bicyclic) bond motifs is 3. The van der Waals surface area contributed by atoms with Gasteiger partial charge in [0.1, 0.15) is 0 Å². The molecule has 0 aliphatic heterocycles. The summed E-state index contributed by atoms with van der Waals surface area (Å²) in [5, 5.41) is 2.69. The fraction of sp³-hybridized carbons (Fsp3) is 0.0909. The molecule has 0 saturated carbocycles. The Bertz CT molecular complexity index is 1580. The van der Waals surface area contributed by atoms with Crippen molar-refractivity contribution in [1.82, 2.24) is 0 Å². The molecule has 0 atom stereocenters. The van der Waals surface area contributed by atoms with Gasteiger partial charge in [-0.15, -0.1) is 11.3 Å². The fourth-order valence-electron chi connectivity index (χ4n) is 4.73. The Morgan fingerprint density at radius 1 is 0.471 bits per heavy atom. The molecule has 0 spiro atoms. The van der Waals surface area contributed by atoms with Crippen molar-refractivity contribution in [2.24, 2.45) is 0 Å². The topological polar surface area (TPSA) is 0 Å². The summed E-state index contributed by atoms with van der Waals surface area (Å²) in [5.74, 6) is 0.560. The number of benzene rings is 5. The first kappa shape index (κ1) is 20.9. The lowest BCUT2D eigenvalue weighted by Gasteiger charge is -2.09. The first-order valence-corrected chi connectivity index (χ1v) is 12.7. The van der Waals surface area contributed by atoms with Gasteiger partial charge < -0.3 is 0 Å². The second-order valence-electron chi connectivity index (χ2n) is 9.21. The zero-order chi connectivity index (χ0) is 23.1. The van der Waals surface area contributed by atoms with Crippen LogP contribution in [-0.4, -0.2) is 0 Å². The van der Waals surface area contributed by atoms with Crippen LogP contribution in [-0.2, 0) is 0 Å². The van der Waals surface area contributed by atoms with Gasteiger partial charge in [0.25, 0.3) is 0 Å². The number of rotatable bonds is 4. The van der Waals surface area contributed by atoms with Crippen LogP contribution in [0.15, 0.2) is 115 Å². The number of hydrogen-bond acceptors (Lipinski definition) is 1. The summed E-state index contributed by atoms with van der Waals surface area (Å²) in [7, 11) is 0. The van der Waals surface area contributed by atoms with Crippen molar-refractivity contribution in [1.29, 1.82) is 0 Å². The second-order valence-corrected chi connectivity index (χ2v) is 10.3. The molecule has 0 nitrogen and oxygen atoms in total. The minimum absolute atomic E-state index is 0.560. The minimum atomic E-state index is 0.560. The van der Waals surface area contributed by atoms with E-state index < -0.39 is 0 Å². The molecule has 0 N–H and O–H groups in total. The third-order valence-electron chi connectivity index (χ3n) is 6.73. The van der Waals surface area contributed by atoms with Crippen LogP contribution in [0.4, 0.5) is 0 Å². The Balaban J connectivity index is 1.30. The molecule has 1 heterocycles. The van der Waals surface area contributed by atoms with E-state index >= 15 is 0 Å². The summed E-state index contributed by atoms with van der Waals surface area (Å²) in [6.07, 6.45) is 0. The second kappa shape index (κ2) is 8.59. The van der Waals surface area contributed by atoms with Gasteiger partial charge in [0.2, 0.25) is 0 Å². The van der Waals surface area contributed by atoms with Crippen molar-refractivity contribution in [2.75, 3.05) is 0 Å². The maximum atomic E-state index is 2.26. The highest BCUT2D eigenvalue weighted by Crippen LogP contribution is 2.40. The van der Waals surface area contributed by atoms with E-state index in [2.05, 4.69) is 129 Å². The molecule has 0 fully saturated rings. The minimum Gasteiger partial charge on any atom is -0.135 e. The molecule has 0 aliphatic rings. The van der Waals surface area contributed by atoms with Crippen LogP contribution < -0.4 is 0 Å². The molecule has 6 aromatic rings. The molecule has 0 bridgehead atoms. The van der Waals surface area contributed by atoms with Gasteiger partial charge in [-0.2, -0.15) is 0 Å². The van der Waals surface area contributed by atoms with Gasteiger partial charge in [0.05, 0.1) is 0 Å². The Labute approximate surface area is 205 Å². The van der Waals surface area contributed by atoms with Crippen molar-refractivity contribution in [3.05, 3.63) is 121 Å². The van der Waals surface area contributed by atoms with Crippen LogP contribution in [0.2, 0.25) is 0 Å². The zero-order valence-corrected chi connectivity index (χ0v) is 20.3. The molecule has 1 heteroatoms. The molecule has 0 unspecified atom stereocenters. The standard InChI is InChI=1S/C33H26S/c1-22(2)23-10-12-24(13-11-23)25-14-16-26(17-15-25)27-18-20-28(21-19-27)29-7-5-8-31-30-6-3-4-9-32(30)34-33(29)31/h3-22H,1-2H3. The van der Waals surface area contributed by atoms with E-state index in [0.717, 1.165) is 0 Å². The van der Waals surface area contributed by atoms with E-state index in [-0.39, 0.29) is 0 Å². The lowest BCUT2D eigenvalue weighted by atomic mass is 9.96. The molecule has 34 heavy (non-hydrogen) atoms. The molecule has 6 rings (SSSR count). The lowest BCUT2D eigenvalue weighted by Crippen LogP contribution is -1.87. The molecular formula is C33H26S. The van der Waals surface area contributed by atoms with Gasteiger partial charge in [-0.3, -0.25) is 0 Å². The third kappa shape index (κ3) is 3.73. The Morgan fingerprint density at radius 3 is 1.56 bits per heavy atom. The Morgan fingerprint density at radius 2 is 0.971 bits per heavy atom. The zero-order valence-electron chi connectivity index (χ0n) is 19.5. The summed E-state index contributed by atoms with van der Waals surface area (Å²) >= 11 is 1.89. The highest BCUT2D eigenvalue weighted by molar-refractivity contribution is 7.26. The summed E-state index contributed by atoms with van der Waals surface area (Å²) in [4.78, 5) is 0. The first-order chi connectivity index (χ1) is 16.7. The summed E-state index contributed by atoms with van der Waals surface area (Å²) < 4.78 is 2.71. The van der Waals surface area contributed by atoms with E-state index in [1.165, 1.54) is 59.1 Å². The predicted molar refractivity (Wildman–Crippen MR) is 150 cm³/mol. The van der Waals surface area contributed by atoms with Crippen LogP contribution >= 0.6 is 11.3 Å². The van der Waals surface area contributed by atoms with Gasteiger partial charge in [-0.1, -0.05) is 123 Å². The van der Waals surface area contributed by atoms with Crippen molar-refractivity contribution in [2.45, 2.75) is 19.8 Å². The summed E-state index contributed by atoms with van der Waals surface area (Å²) in [6.45, 7) is 4.47. The third-order valence-corrected chi connectivity index (χ3v) is 7.95. The largest absolute Gasteiger partial charge is 0.135 e. The van der Waals surface area contributed by atoms with Crippen molar-refractivity contribution >= 4 is 31.5 Å². The van der Waals surface area contributed by atoms with E-state index in [1.54, 1.807) is 0 Å². The van der Waals surface area contributed by atoms with Gasteiger partial charge in [-0.25, -0.2) is 0 Å². The van der Waals surface area contributed by atoms with Crippen molar-refractivity contribution in [3.63, 3.8) is 0 Å². The van der Waals surface area contributed by atoms with Crippen molar-refractivity contribution < 1.29 is 0 Å². The Kier molecular flexibility index (Phi) is 5.28. The monoisotopic (exact) mass is 454 g/mol.